The summed E-state index contributed by atoms with van der Waals surface area (Å²) in [4.78, 5) is 26.9. The fourth-order valence-electron chi connectivity index (χ4n) is 3.89. The maximum atomic E-state index is 12.7. The second-order valence-corrected chi connectivity index (χ2v) is 7.99. The number of likely N-dealkylation sites (tertiary alicyclic amines) is 1. The fraction of sp³-hybridized carbons (Fsp3) is 0.478. The molecular formula is C23H29N3O5. The number of furan rings is 1. The number of nitrogens with zero attached hydrogens (tertiary/aromatic N) is 1. The van der Waals surface area contributed by atoms with Crippen LogP contribution in [0.4, 0.5) is 4.79 Å². The molecule has 4 rings (SSSR count). The highest BCUT2D eigenvalue weighted by Gasteiger charge is 2.28. The quantitative estimate of drug-likeness (QED) is 0.764. The summed E-state index contributed by atoms with van der Waals surface area (Å²) in [5.41, 5.74) is 0.963. The molecule has 166 valence electrons. The van der Waals surface area contributed by atoms with Crippen LogP contribution in [0.3, 0.4) is 0 Å². The van der Waals surface area contributed by atoms with Crippen molar-refractivity contribution in [1.29, 1.82) is 0 Å². The van der Waals surface area contributed by atoms with E-state index in [9.17, 15) is 9.59 Å². The zero-order valence-corrected chi connectivity index (χ0v) is 17.8. The molecule has 0 radical (unpaired) electrons. The first kappa shape index (κ1) is 21.1. The van der Waals surface area contributed by atoms with Gasteiger partial charge in [-0.3, -0.25) is 4.79 Å². The van der Waals surface area contributed by atoms with Crippen molar-refractivity contribution in [3.8, 4) is 11.5 Å². The molecule has 0 saturated carbocycles. The first-order chi connectivity index (χ1) is 15.1. The van der Waals surface area contributed by atoms with Gasteiger partial charge in [-0.15, -0.1) is 0 Å². The minimum atomic E-state index is -0.168. The second kappa shape index (κ2) is 9.76. The summed E-state index contributed by atoms with van der Waals surface area (Å²) in [6.07, 6.45) is 3.74. The summed E-state index contributed by atoms with van der Waals surface area (Å²) in [5.74, 6) is 2.12. The van der Waals surface area contributed by atoms with E-state index in [1.165, 1.54) is 0 Å². The number of carbonyl (C=O) groups excluding carboxylic acids is 2. The van der Waals surface area contributed by atoms with Gasteiger partial charge in [-0.2, -0.15) is 0 Å². The molecule has 1 atom stereocenters. The van der Waals surface area contributed by atoms with Crippen molar-refractivity contribution in [2.45, 2.75) is 38.8 Å². The Balaban J connectivity index is 1.25. The Bertz CT molecular complexity index is 891. The van der Waals surface area contributed by atoms with Gasteiger partial charge < -0.3 is 29.4 Å². The van der Waals surface area contributed by atoms with Gasteiger partial charge in [-0.1, -0.05) is 6.07 Å². The van der Waals surface area contributed by atoms with Crippen molar-refractivity contribution >= 4 is 11.9 Å². The van der Waals surface area contributed by atoms with Crippen molar-refractivity contribution in [3.05, 3.63) is 47.9 Å². The second-order valence-electron chi connectivity index (χ2n) is 7.99. The molecule has 0 bridgehead atoms. The van der Waals surface area contributed by atoms with Crippen LogP contribution >= 0.6 is 0 Å². The first-order valence-electron chi connectivity index (χ1n) is 10.9. The summed E-state index contributed by atoms with van der Waals surface area (Å²) in [5, 5.41) is 5.96. The highest BCUT2D eigenvalue weighted by atomic mass is 16.5. The normalized spacial score (nSPS) is 17.5. The molecular weight excluding hydrogens is 398 g/mol. The Morgan fingerprint density at radius 1 is 1.13 bits per heavy atom. The lowest BCUT2D eigenvalue weighted by Gasteiger charge is -2.32. The van der Waals surface area contributed by atoms with Crippen LogP contribution in [0.2, 0.25) is 0 Å². The van der Waals surface area contributed by atoms with Gasteiger partial charge in [0.25, 0.3) is 0 Å². The molecule has 1 unspecified atom stereocenters. The first-order valence-corrected chi connectivity index (χ1v) is 10.9. The van der Waals surface area contributed by atoms with Crippen molar-refractivity contribution < 1.29 is 23.5 Å². The highest BCUT2D eigenvalue weighted by molar-refractivity contribution is 5.79. The molecule has 2 aliphatic rings. The number of rotatable bonds is 5. The van der Waals surface area contributed by atoms with Crippen LogP contribution in [-0.4, -0.2) is 43.1 Å². The largest absolute Gasteiger partial charge is 0.490 e. The summed E-state index contributed by atoms with van der Waals surface area (Å²) in [7, 11) is 0. The van der Waals surface area contributed by atoms with Gasteiger partial charge in [0.1, 0.15) is 5.76 Å². The summed E-state index contributed by atoms with van der Waals surface area (Å²) < 4.78 is 16.7. The molecule has 0 spiro atoms. The Hall–Kier alpha value is -3.16. The fourth-order valence-corrected chi connectivity index (χ4v) is 3.89. The van der Waals surface area contributed by atoms with Gasteiger partial charge in [-0.25, -0.2) is 4.79 Å². The number of amides is 3. The molecule has 2 aromatic rings. The lowest BCUT2D eigenvalue weighted by molar-refractivity contribution is -0.126. The average Bonchev–Trinajstić information content (AvgIpc) is 3.20. The zero-order valence-electron chi connectivity index (χ0n) is 17.8. The maximum Gasteiger partial charge on any atom is 0.317 e. The van der Waals surface area contributed by atoms with Gasteiger partial charge in [0.15, 0.2) is 11.5 Å². The Kier molecular flexibility index (Phi) is 6.64. The van der Waals surface area contributed by atoms with Gasteiger partial charge in [-0.05, 0) is 49.6 Å². The van der Waals surface area contributed by atoms with Crippen LogP contribution in [0.1, 0.15) is 43.6 Å². The van der Waals surface area contributed by atoms with Crippen LogP contribution in [0, 0.1) is 5.92 Å². The molecule has 8 heteroatoms. The van der Waals surface area contributed by atoms with E-state index >= 15 is 0 Å². The number of hydrogen-bond acceptors (Lipinski definition) is 5. The number of nitrogens with one attached hydrogen (secondary N) is 2. The Morgan fingerprint density at radius 2 is 1.90 bits per heavy atom. The molecule has 0 aliphatic carbocycles. The number of benzene rings is 1. The van der Waals surface area contributed by atoms with Crippen LogP contribution in [0.15, 0.2) is 41.0 Å². The molecule has 1 aromatic carbocycles. The third-order valence-electron chi connectivity index (χ3n) is 5.78. The number of carbonyl (C=O) groups is 2. The summed E-state index contributed by atoms with van der Waals surface area (Å²) in [6.45, 7) is 4.72. The lowest BCUT2D eigenvalue weighted by Crippen LogP contribution is -2.47. The molecule has 3 heterocycles. The smallest absolute Gasteiger partial charge is 0.317 e. The van der Waals surface area contributed by atoms with Crippen molar-refractivity contribution in [2.24, 2.45) is 5.92 Å². The average molecular weight is 428 g/mol. The minimum absolute atomic E-state index is 0.0111. The molecule has 8 nitrogen and oxygen atoms in total. The van der Waals surface area contributed by atoms with Crippen LogP contribution in [-0.2, 0) is 11.3 Å². The predicted octanol–water partition coefficient (Wildman–Crippen LogP) is 3.24. The molecule has 2 N–H and O–H groups in total. The molecule has 1 aromatic heterocycles. The van der Waals surface area contributed by atoms with E-state index in [0.29, 0.717) is 45.7 Å². The molecule has 1 saturated heterocycles. The number of hydrogen-bond donors (Lipinski definition) is 2. The monoisotopic (exact) mass is 427 g/mol. The van der Waals surface area contributed by atoms with Crippen LogP contribution < -0.4 is 20.1 Å². The lowest BCUT2D eigenvalue weighted by atomic mass is 9.96. The third-order valence-corrected chi connectivity index (χ3v) is 5.78. The standard InChI is InChI=1S/C23H29N3O5/c1-16(18-5-6-20-21(14-18)31-13-3-12-30-20)25-23(28)26-9-7-17(8-10-26)22(27)24-15-19-4-2-11-29-19/h2,4-6,11,14,16-17H,3,7-10,12-13,15H2,1H3,(H,24,27)(H,25,28). The Labute approximate surface area is 181 Å². The van der Waals surface area contributed by atoms with Gasteiger partial charge >= 0.3 is 6.03 Å². The van der Waals surface area contributed by atoms with E-state index in [1.54, 1.807) is 17.2 Å². The van der Waals surface area contributed by atoms with Crippen molar-refractivity contribution in [1.82, 2.24) is 15.5 Å². The van der Waals surface area contributed by atoms with E-state index in [1.807, 2.05) is 31.2 Å². The topological polar surface area (TPSA) is 93.0 Å². The Morgan fingerprint density at radius 3 is 2.65 bits per heavy atom. The van der Waals surface area contributed by atoms with Crippen LogP contribution in [0.25, 0.3) is 0 Å². The van der Waals surface area contributed by atoms with Crippen molar-refractivity contribution in [2.75, 3.05) is 26.3 Å². The molecule has 2 aliphatic heterocycles. The molecule has 3 amide bonds. The molecule has 31 heavy (non-hydrogen) atoms. The zero-order chi connectivity index (χ0) is 21.6. The van der Waals surface area contributed by atoms with E-state index in [4.69, 9.17) is 13.9 Å². The summed E-state index contributed by atoms with van der Waals surface area (Å²) in [6, 6.07) is 9.12. The van der Waals surface area contributed by atoms with Crippen molar-refractivity contribution in [3.63, 3.8) is 0 Å². The number of ether oxygens (including phenoxy) is 2. The van der Waals surface area contributed by atoms with E-state index in [-0.39, 0.29) is 23.9 Å². The van der Waals surface area contributed by atoms with E-state index < -0.39 is 0 Å². The summed E-state index contributed by atoms with van der Waals surface area (Å²) >= 11 is 0. The van der Waals surface area contributed by atoms with E-state index in [0.717, 1.165) is 29.2 Å². The molecule has 1 fully saturated rings. The predicted molar refractivity (Wildman–Crippen MR) is 114 cm³/mol. The minimum Gasteiger partial charge on any atom is -0.490 e. The third kappa shape index (κ3) is 5.31. The SMILES string of the molecule is CC(NC(=O)N1CCC(C(=O)NCc2ccco2)CC1)c1ccc2c(c1)OCCCO2. The highest BCUT2D eigenvalue weighted by Crippen LogP contribution is 2.32. The van der Waals surface area contributed by atoms with Crippen LogP contribution in [0.5, 0.6) is 11.5 Å². The number of fused-ring (bicyclic) bond motifs is 1. The number of piperidine rings is 1. The van der Waals surface area contributed by atoms with Gasteiger partial charge in [0, 0.05) is 25.4 Å². The van der Waals surface area contributed by atoms with Gasteiger partial charge in [0.05, 0.1) is 32.1 Å². The van der Waals surface area contributed by atoms with Gasteiger partial charge in [0.2, 0.25) is 5.91 Å². The van der Waals surface area contributed by atoms with E-state index in [2.05, 4.69) is 10.6 Å². The maximum absolute atomic E-state index is 12.7. The number of urea groups is 1.